The fourth-order valence-corrected chi connectivity index (χ4v) is 5.06. The molecule has 1 aliphatic rings. The Kier molecular flexibility index (Phi) is 6.49. The topological polar surface area (TPSA) is 54.5 Å². The number of likely N-dealkylation sites (tertiary alicyclic amines) is 1. The van der Waals surface area contributed by atoms with Crippen molar-refractivity contribution in [3.63, 3.8) is 0 Å². The molecule has 118 valence electrons. The van der Waals surface area contributed by atoms with Crippen molar-refractivity contribution in [3.8, 4) is 0 Å². The lowest BCUT2D eigenvalue weighted by atomic mass is 10.00. The lowest BCUT2D eigenvalue weighted by Gasteiger charge is -2.34. The van der Waals surface area contributed by atoms with Crippen molar-refractivity contribution in [2.75, 3.05) is 18.8 Å². The summed E-state index contributed by atoms with van der Waals surface area (Å²) in [4.78, 5) is 14.1. The average molecular weight is 303 g/mol. The lowest BCUT2D eigenvalue weighted by molar-refractivity contribution is -0.136. The van der Waals surface area contributed by atoms with E-state index in [1.807, 2.05) is 32.6 Å². The van der Waals surface area contributed by atoms with Crippen LogP contribution >= 0.6 is 0 Å². The highest BCUT2D eigenvalue weighted by Crippen LogP contribution is 2.22. The van der Waals surface area contributed by atoms with Crippen LogP contribution in [0.3, 0.4) is 0 Å². The first-order valence-electron chi connectivity index (χ1n) is 7.82. The van der Waals surface area contributed by atoms with E-state index in [9.17, 15) is 13.2 Å². The van der Waals surface area contributed by atoms with Gasteiger partial charge in [-0.25, -0.2) is 8.42 Å². The van der Waals surface area contributed by atoms with E-state index in [1.54, 1.807) is 0 Å². The third-order valence-electron chi connectivity index (χ3n) is 4.16. The Hall–Kier alpha value is -0.580. The third-order valence-corrected chi connectivity index (χ3v) is 6.78. The maximum absolute atomic E-state index is 12.3. The Labute approximate surface area is 123 Å². The summed E-state index contributed by atoms with van der Waals surface area (Å²) in [6.45, 7) is 9.12. The van der Waals surface area contributed by atoms with Crippen molar-refractivity contribution < 1.29 is 13.2 Å². The number of nitrogens with zero attached hydrogens (tertiary/aromatic N) is 1. The maximum atomic E-state index is 12.3. The van der Waals surface area contributed by atoms with E-state index in [0.717, 1.165) is 12.8 Å². The van der Waals surface area contributed by atoms with Gasteiger partial charge >= 0.3 is 0 Å². The zero-order chi connectivity index (χ0) is 15.3. The molecule has 1 heterocycles. The molecule has 4 nitrogen and oxygen atoms in total. The van der Waals surface area contributed by atoms with Crippen LogP contribution in [-0.4, -0.2) is 43.3 Å². The average Bonchev–Trinajstić information content (AvgIpc) is 2.38. The van der Waals surface area contributed by atoms with Gasteiger partial charge in [0.2, 0.25) is 5.91 Å². The number of sulfone groups is 1. The molecule has 0 unspecified atom stereocenters. The largest absolute Gasteiger partial charge is 0.342 e. The summed E-state index contributed by atoms with van der Waals surface area (Å²) in [5, 5.41) is -0.254. The highest BCUT2D eigenvalue weighted by Gasteiger charge is 2.33. The number of carbonyl (C=O) groups is 1. The molecule has 0 aliphatic carbocycles. The van der Waals surface area contributed by atoms with Crippen molar-refractivity contribution in [2.24, 2.45) is 11.8 Å². The number of rotatable bonds is 6. The van der Waals surface area contributed by atoms with Crippen molar-refractivity contribution >= 4 is 15.7 Å². The summed E-state index contributed by atoms with van der Waals surface area (Å²) in [6, 6.07) is 0. The molecule has 0 atom stereocenters. The summed E-state index contributed by atoms with van der Waals surface area (Å²) < 4.78 is 24.4. The number of amides is 1. The minimum Gasteiger partial charge on any atom is -0.342 e. The smallest absolute Gasteiger partial charge is 0.225 e. The molecular formula is C15H29NO3S. The Morgan fingerprint density at radius 2 is 1.65 bits per heavy atom. The number of hydrogen-bond donors (Lipinski definition) is 0. The summed E-state index contributed by atoms with van der Waals surface area (Å²) in [5.74, 6) is 0.732. The lowest BCUT2D eigenvalue weighted by Crippen LogP contribution is -2.45. The fourth-order valence-electron chi connectivity index (χ4n) is 2.93. The molecule has 0 aromatic carbocycles. The molecular weight excluding hydrogens is 274 g/mol. The number of carbonyl (C=O) groups excluding carboxylic acids is 1. The minimum absolute atomic E-state index is 0.0961. The van der Waals surface area contributed by atoms with E-state index in [-0.39, 0.29) is 28.7 Å². The van der Waals surface area contributed by atoms with Crippen LogP contribution in [-0.2, 0) is 14.6 Å². The molecule has 1 fully saturated rings. The van der Waals surface area contributed by atoms with Crippen LogP contribution in [0, 0.1) is 11.8 Å². The second-order valence-corrected chi connectivity index (χ2v) is 8.59. The highest BCUT2D eigenvalue weighted by molar-refractivity contribution is 7.92. The van der Waals surface area contributed by atoms with Gasteiger partial charge < -0.3 is 4.90 Å². The minimum atomic E-state index is -3.00. The van der Waals surface area contributed by atoms with Gasteiger partial charge in [0.25, 0.3) is 0 Å². The predicted octanol–water partition coefficient (Wildman–Crippen LogP) is 2.48. The fraction of sp³-hybridized carbons (Fsp3) is 0.933. The summed E-state index contributed by atoms with van der Waals surface area (Å²) in [6.07, 6.45) is 2.92. The SMILES string of the molecule is CCC(CC)C(=O)N1CCC(S(=O)(=O)CC(C)C)CC1. The van der Waals surface area contributed by atoms with Crippen molar-refractivity contribution in [3.05, 3.63) is 0 Å². The molecule has 0 aromatic rings. The molecule has 0 radical (unpaired) electrons. The van der Waals surface area contributed by atoms with Crippen LogP contribution in [0.25, 0.3) is 0 Å². The van der Waals surface area contributed by atoms with Gasteiger partial charge in [-0.15, -0.1) is 0 Å². The summed E-state index contributed by atoms with van der Waals surface area (Å²) >= 11 is 0. The first-order chi connectivity index (χ1) is 9.31. The van der Waals surface area contributed by atoms with Crippen molar-refractivity contribution in [1.29, 1.82) is 0 Å². The number of piperidine rings is 1. The van der Waals surface area contributed by atoms with Gasteiger partial charge in [0.15, 0.2) is 9.84 Å². The van der Waals surface area contributed by atoms with E-state index in [0.29, 0.717) is 25.9 Å². The molecule has 0 N–H and O–H groups in total. The van der Waals surface area contributed by atoms with Crippen LogP contribution in [0.5, 0.6) is 0 Å². The molecule has 0 saturated carbocycles. The summed E-state index contributed by atoms with van der Waals surface area (Å²) in [5.41, 5.74) is 0. The van der Waals surface area contributed by atoms with Crippen LogP contribution < -0.4 is 0 Å². The van der Waals surface area contributed by atoms with Crippen LogP contribution in [0.4, 0.5) is 0 Å². The third kappa shape index (κ3) is 4.47. The van der Waals surface area contributed by atoms with Crippen molar-refractivity contribution in [2.45, 2.75) is 58.6 Å². The first-order valence-corrected chi connectivity index (χ1v) is 9.53. The first kappa shape index (κ1) is 17.5. The molecule has 1 amide bonds. The molecule has 1 rings (SSSR count). The number of hydrogen-bond acceptors (Lipinski definition) is 3. The molecule has 0 aromatic heterocycles. The Bertz CT molecular complexity index is 405. The Balaban J connectivity index is 2.58. The zero-order valence-corrected chi connectivity index (χ0v) is 14.1. The Morgan fingerprint density at radius 1 is 1.15 bits per heavy atom. The van der Waals surface area contributed by atoms with Gasteiger partial charge in [0, 0.05) is 19.0 Å². The van der Waals surface area contributed by atoms with Gasteiger partial charge in [-0.2, -0.15) is 0 Å². The molecule has 1 saturated heterocycles. The van der Waals surface area contributed by atoms with Gasteiger partial charge in [0.1, 0.15) is 0 Å². The van der Waals surface area contributed by atoms with E-state index in [2.05, 4.69) is 0 Å². The normalized spacial score (nSPS) is 18.0. The second kappa shape index (κ2) is 7.43. The van der Waals surface area contributed by atoms with Crippen LogP contribution in [0.15, 0.2) is 0 Å². The van der Waals surface area contributed by atoms with Gasteiger partial charge in [-0.05, 0) is 31.6 Å². The van der Waals surface area contributed by atoms with Crippen LogP contribution in [0.2, 0.25) is 0 Å². The standard InChI is InChI=1S/C15H29NO3S/c1-5-13(6-2)15(17)16-9-7-14(8-10-16)20(18,19)11-12(3)4/h12-14H,5-11H2,1-4H3. The monoisotopic (exact) mass is 303 g/mol. The molecule has 20 heavy (non-hydrogen) atoms. The molecule has 1 aliphatic heterocycles. The van der Waals surface area contributed by atoms with E-state index in [4.69, 9.17) is 0 Å². The van der Waals surface area contributed by atoms with Gasteiger partial charge in [-0.1, -0.05) is 27.7 Å². The van der Waals surface area contributed by atoms with Gasteiger partial charge in [-0.3, -0.25) is 4.79 Å². The highest BCUT2D eigenvalue weighted by atomic mass is 32.2. The predicted molar refractivity (Wildman–Crippen MR) is 82.3 cm³/mol. The second-order valence-electron chi connectivity index (χ2n) is 6.26. The van der Waals surface area contributed by atoms with Crippen molar-refractivity contribution in [1.82, 2.24) is 4.90 Å². The molecule has 0 spiro atoms. The van der Waals surface area contributed by atoms with E-state index >= 15 is 0 Å². The Morgan fingerprint density at radius 3 is 2.05 bits per heavy atom. The molecule has 0 bridgehead atoms. The van der Waals surface area contributed by atoms with E-state index < -0.39 is 9.84 Å². The maximum Gasteiger partial charge on any atom is 0.225 e. The zero-order valence-electron chi connectivity index (χ0n) is 13.3. The quantitative estimate of drug-likeness (QED) is 0.757. The van der Waals surface area contributed by atoms with Gasteiger partial charge in [0.05, 0.1) is 11.0 Å². The molecule has 5 heteroatoms. The van der Waals surface area contributed by atoms with E-state index in [1.165, 1.54) is 0 Å². The summed E-state index contributed by atoms with van der Waals surface area (Å²) in [7, 11) is -3.00. The van der Waals surface area contributed by atoms with Crippen LogP contribution in [0.1, 0.15) is 53.4 Å².